The number of benzene rings is 2. The highest BCUT2D eigenvalue weighted by atomic mass is 32.2. The first-order valence-corrected chi connectivity index (χ1v) is 10.3. The summed E-state index contributed by atoms with van der Waals surface area (Å²) in [5, 5.41) is 0.282. The molecule has 23 heavy (non-hydrogen) atoms. The van der Waals surface area contributed by atoms with Crippen LogP contribution in [0.3, 0.4) is 0 Å². The predicted octanol–water partition coefficient (Wildman–Crippen LogP) is 4.07. The fraction of sp³-hybridized carbons (Fsp3) is 0.333. The number of nitrogens with one attached hydrogen (secondary N) is 1. The molecular formula is C18H21NO2S2. The molecule has 2 atom stereocenters. The van der Waals surface area contributed by atoms with Crippen molar-refractivity contribution in [2.45, 2.75) is 46.8 Å². The minimum Gasteiger partial charge on any atom is -0.207 e. The zero-order chi connectivity index (χ0) is 16.1. The number of hydrogen-bond donors (Lipinski definition) is 1. The Morgan fingerprint density at radius 2 is 1.48 bits per heavy atom. The molecule has 1 N–H and O–H groups in total. The van der Waals surface area contributed by atoms with Crippen LogP contribution in [0.4, 0.5) is 0 Å². The molecule has 1 saturated carbocycles. The Bertz CT molecular complexity index is 717. The number of hydrogen-bond acceptors (Lipinski definition) is 3. The molecule has 0 unspecified atom stereocenters. The first-order chi connectivity index (χ1) is 11.1. The van der Waals surface area contributed by atoms with E-state index >= 15 is 0 Å². The molecule has 5 heteroatoms. The molecule has 0 aromatic heterocycles. The normalized spacial score (nSPS) is 21.9. The van der Waals surface area contributed by atoms with Gasteiger partial charge in [-0.3, -0.25) is 0 Å². The smallest absolute Gasteiger partial charge is 0.207 e. The highest BCUT2D eigenvalue weighted by Gasteiger charge is 2.30. The molecule has 0 radical (unpaired) electrons. The molecule has 0 aliphatic heterocycles. The van der Waals surface area contributed by atoms with Gasteiger partial charge in [-0.05, 0) is 37.1 Å². The summed E-state index contributed by atoms with van der Waals surface area (Å²) in [5.41, 5.74) is 0. The third kappa shape index (κ3) is 4.37. The van der Waals surface area contributed by atoms with E-state index in [1.165, 1.54) is 4.90 Å². The van der Waals surface area contributed by atoms with Gasteiger partial charge in [0.15, 0.2) is 0 Å². The van der Waals surface area contributed by atoms with Crippen LogP contribution >= 0.6 is 11.8 Å². The summed E-state index contributed by atoms with van der Waals surface area (Å²) in [7, 11) is -3.45. The Morgan fingerprint density at radius 3 is 2.17 bits per heavy atom. The van der Waals surface area contributed by atoms with Gasteiger partial charge in [0.05, 0.1) is 4.90 Å². The summed E-state index contributed by atoms with van der Waals surface area (Å²) in [5.74, 6) is 0. The van der Waals surface area contributed by atoms with E-state index in [4.69, 9.17) is 0 Å². The van der Waals surface area contributed by atoms with Crippen LogP contribution in [-0.4, -0.2) is 19.7 Å². The maximum atomic E-state index is 12.6. The van der Waals surface area contributed by atoms with E-state index in [1.54, 1.807) is 36.0 Å². The highest BCUT2D eigenvalue weighted by Crippen LogP contribution is 2.34. The lowest BCUT2D eigenvalue weighted by Crippen LogP contribution is -2.43. The minimum atomic E-state index is -3.45. The summed E-state index contributed by atoms with van der Waals surface area (Å²) in [6.45, 7) is 0. The first kappa shape index (κ1) is 16.6. The zero-order valence-corrected chi connectivity index (χ0v) is 14.5. The van der Waals surface area contributed by atoms with Gasteiger partial charge in [0.2, 0.25) is 10.0 Å². The van der Waals surface area contributed by atoms with Crippen molar-refractivity contribution in [1.29, 1.82) is 0 Å². The van der Waals surface area contributed by atoms with Crippen LogP contribution in [-0.2, 0) is 10.0 Å². The average Bonchev–Trinajstić information content (AvgIpc) is 2.58. The summed E-state index contributed by atoms with van der Waals surface area (Å²) in [6.07, 6.45) is 4.18. The van der Waals surface area contributed by atoms with E-state index in [2.05, 4.69) is 16.9 Å². The van der Waals surface area contributed by atoms with Crippen molar-refractivity contribution >= 4 is 21.8 Å². The second-order valence-electron chi connectivity index (χ2n) is 5.79. The van der Waals surface area contributed by atoms with Crippen molar-refractivity contribution in [3.05, 3.63) is 60.7 Å². The summed E-state index contributed by atoms with van der Waals surface area (Å²) >= 11 is 1.78. The van der Waals surface area contributed by atoms with E-state index in [9.17, 15) is 8.42 Å². The zero-order valence-electron chi connectivity index (χ0n) is 12.9. The van der Waals surface area contributed by atoms with Crippen molar-refractivity contribution in [3.8, 4) is 0 Å². The number of rotatable bonds is 5. The van der Waals surface area contributed by atoms with E-state index in [0.717, 1.165) is 25.7 Å². The van der Waals surface area contributed by atoms with Crippen molar-refractivity contribution in [2.24, 2.45) is 0 Å². The summed E-state index contributed by atoms with van der Waals surface area (Å²) < 4.78 is 28.1. The van der Waals surface area contributed by atoms with Crippen LogP contribution in [0.1, 0.15) is 25.7 Å². The molecule has 0 spiro atoms. The van der Waals surface area contributed by atoms with Crippen LogP contribution in [0.15, 0.2) is 70.5 Å². The summed E-state index contributed by atoms with van der Waals surface area (Å²) in [4.78, 5) is 1.54. The quantitative estimate of drug-likeness (QED) is 0.887. The Balaban J connectivity index is 1.74. The molecule has 1 aliphatic rings. The lowest BCUT2D eigenvalue weighted by atomic mass is 9.96. The molecule has 2 aromatic rings. The van der Waals surface area contributed by atoms with Gasteiger partial charge in [-0.2, -0.15) is 0 Å². The summed E-state index contributed by atoms with van der Waals surface area (Å²) in [6, 6.07) is 18.8. The molecule has 122 valence electrons. The topological polar surface area (TPSA) is 46.2 Å². The standard InChI is InChI=1S/C18H21NO2S2/c20-23(21,16-11-5-2-6-12-16)19-17-13-7-8-14-18(17)22-15-9-3-1-4-10-15/h1-6,9-12,17-19H,7-8,13-14H2/t17-,18+/m1/s1. The Hall–Kier alpha value is -1.30. The van der Waals surface area contributed by atoms with Gasteiger partial charge in [0, 0.05) is 16.2 Å². The molecule has 0 amide bonds. The van der Waals surface area contributed by atoms with Crippen LogP contribution in [0, 0.1) is 0 Å². The molecular weight excluding hydrogens is 326 g/mol. The lowest BCUT2D eigenvalue weighted by Gasteiger charge is -2.31. The SMILES string of the molecule is O=S(=O)(N[C@@H]1CCCC[C@@H]1Sc1ccccc1)c1ccccc1. The van der Waals surface area contributed by atoms with Gasteiger partial charge >= 0.3 is 0 Å². The van der Waals surface area contributed by atoms with E-state index in [0.29, 0.717) is 4.90 Å². The maximum absolute atomic E-state index is 12.6. The highest BCUT2D eigenvalue weighted by molar-refractivity contribution is 8.00. The van der Waals surface area contributed by atoms with Crippen LogP contribution in [0.25, 0.3) is 0 Å². The van der Waals surface area contributed by atoms with Crippen LogP contribution < -0.4 is 4.72 Å². The molecule has 1 aliphatic carbocycles. The fourth-order valence-electron chi connectivity index (χ4n) is 2.91. The van der Waals surface area contributed by atoms with Crippen LogP contribution in [0.2, 0.25) is 0 Å². The van der Waals surface area contributed by atoms with Crippen molar-refractivity contribution in [1.82, 2.24) is 4.72 Å². The molecule has 3 nitrogen and oxygen atoms in total. The molecule has 1 fully saturated rings. The average molecular weight is 348 g/mol. The van der Waals surface area contributed by atoms with Crippen molar-refractivity contribution in [2.75, 3.05) is 0 Å². The maximum Gasteiger partial charge on any atom is 0.240 e. The van der Waals surface area contributed by atoms with Gasteiger partial charge in [0.1, 0.15) is 0 Å². The molecule has 3 rings (SSSR count). The predicted molar refractivity (Wildman–Crippen MR) is 95.1 cm³/mol. The monoisotopic (exact) mass is 347 g/mol. The van der Waals surface area contributed by atoms with Gasteiger partial charge in [0.25, 0.3) is 0 Å². The molecule has 0 bridgehead atoms. The number of thioether (sulfide) groups is 1. The minimum absolute atomic E-state index is 0.0147. The lowest BCUT2D eigenvalue weighted by molar-refractivity contribution is 0.423. The van der Waals surface area contributed by atoms with Gasteiger partial charge < -0.3 is 0 Å². The molecule has 0 heterocycles. The van der Waals surface area contributed by atoms with Crippen molar-refractivity contribution < 1.29 is 8.42 Å². The third-order valence-corrected chi connectivity index (χ3v) is 7.01. The Morgan fingerprint density at radius 1 is 0.870 bits per heavy atom. The number of sulfonamides is 1. The third-order valence-electron chi connectivity index (χ3n) is 4.09. The van der Waals surface area contributed by atoms with Gasteiger partial charge in [-0.25, -0.2) is 13.1 Å². The molecule has 2 aromatic carbocycles. The first-order valence-electron chi connectivity index (χ1n) is 7.94. The Kier molecular flexibility index (Phi) is 5.41. The van der Waals surface area contributed by atoms with E-state index in [1.807, 2.05) is 24.3 Å². The largest absolute Gasteiger partial charge is 0.240 e. The second-order valence-corrected chi connectivity index (χ2v) is 8.82. The van der Waals surface area contributed by atoms with E-state index in [-0.39, 0.29) is 11.3 Å². The second kappa shape index (κ2) is 7.51. The Labute approximate surface area is 142 Å². The van der Waals surface area contributed by atoms with Gasteiger partial charge in [-0.1, -0.05) is 49.2 Å². The van der Waals surface area contributed by atoms with Gasteiger partial charge in [-0.15, -0.1) is 11.8 Å². The van der Waals surface area contributed by atoms with Crippen LogP contribution in [0.5, 0.6) is 0 Å². The van der Waals surface area contributed by atoms with Crippen molar-refractivity contribution in [3.63, 3.8) is 0 Å². The fourth-order valence-corrected chi connectivity index (χ4v) is 5.65. The molecule has 0 saturated heterocycles. The van der Waals surface area contributed by atoms with E-state index < -0.39 is 10.0 Å².